The van der Waals surface area contributed by atoms with E-state index in [0.29, 0.717) is 29.2 Å². The van der Waals surface area contributed by atoms with Crippen molar-refractivity contribution < 1.29 is 17.6 Å². The van der Waals surface area contributed by atoms with Crippen LogP contribution in [0.4, 0.5) is 10.1 Å². The summed E-state index contributed by atoms with van der Waals surface area (Å²) in [6.07, 6.45) is 1.72. The molecule has 0 saturated carbocycles. The number of carbonyl (C=O) groups is 1. The van der Waals surface area contributed by atoms with Gasteiger partial charge in [-0.1, -0.05) is 41.9 Å². The Kier molecular flexibility index (Phi) is 7.30. The zero-order chi connectivity index (χ0) is 22.4. The number of carbonyl (C=O) groups excluding carboxylic acids is 1. The molecule has 1 N–H and O–H groups in total. The highest BCUT2D eigenvalue weighted by Crippen LogP contribution is 2.22. The summed E-state index contributed by atoms with van der Waals surface area (Å²) >= 11 is 5.86. The van der Waals surface area contributed by atoms with Gasteiger partial charge in [0.25, 0.3) is 5.91 Å². The summed E-state index contributed by atoms with van der Waals surface area (Å²) in [5.41, 5.74) is 2.07. The van der Waals surface area contributed by atoms with Crippen molar-refractivity contribution in [3.63, 3.8) is 0 Å². The molecule has 8 heteroatoms. The third-order valence-corrected chi connectivity index (χ3v) is 6.09. The molecule has 0 unspecified atom stereocenters. The highest BCUT2D eigenvalue weighted by molar-refractivity contribution is 7.92. The lowest BCUT2D eigenvalue weighted by atomic mass is 10.1. The fourth-order valence-corrected chi connectivity index (χ4v) is 4.04. The largest absolute Gasteiger partial charge is 0.352 e. The minimum atomic E-state index is -3.66. The molecular weight excluding hydrogens is 439 g/mol. The second-order valence-corrected chi connectivity index (χ2v) is 9.38. The molecule has 0 aromatic heterocycles. The van der Waals surface area contributed by atoms with E-state index in [-0.39, 0.29) is 18.0 Å². The fraction of sp³-hybridized carbons (Fsp3) is 0.174. The Hall–Kier alpha value is -2.90. The van der Waals surface area contributed by atoms with Gasteiger partial charge in [0.15, 0.2) is 0 Å². The standard InChI is InChI=1S/C23H22ClFN2O3S/c1-31(29,30)27(16-19-4-2-3-5-22(19)25)21-12-8-18(9-13-21)23(28)26-15-14-17-6-10-20(24)11-7-17/h2-13H,14-16H2,1H3,(H,26,28). The predicted molar refractivity (Wildman–Crippen MR) is 121 cm³/mol. The summed E-state index contributed by atoms with van der Waals surface area (Å²) in [6.45, 7) is 0.309. The molecule has 162 valence electrons. The predicted octanol–water partition coefficient (Wildman–Crippen LogP) is 4.42. The number of nitrogens with zero attached hydrogens (tertiary/aromatic N) is 1. The Balaban J connectivity index is 1.67. The number of rotatable bonds is 8. The number of amides is 1. The Morgan fingerprint density at radius 1 is 1.00 bits per heavy atom. The number of hydrogen-bond donors (Lipinski definition) is 1. The first kappa shape index (κ1) is 22.8. The first-order valence-electron chi connectivity index (χ1n) is 9.58. The molecule has 0 radical (unpaired) electrons. The molecule has 5 nitrogen and oxygen atoms in total. The van der Waals surface area contributed by atoms with E-state index < -0.39 is 15.8 Å². The number of anilines is 1. The lowest BCUT2D eigenvalue weighted by molar-refractivity contribution is 0.0954. The van der Waals surface area contributed by atoms with E-state index in [1.54, 1.807) is 36.4 Å². The smallest absolute Gasteiger partial charge is 0.251 e. The van der Waals surface area contributed by atoms with Crippen molar-refractivity contribution in [2.24, 2.45) is 0 Å². The Bertz CT molecular complexity index is 1150. The van der Waals surface area contributed by atoms with Crippen LogP contribution in [-0.4, -0.2) is 27.1 Å². The number of sulfonamides is 1. The summed E-state index contributed by atoms with van der Waals surface area (Å²) in [4.78, 5) is 12.4. The van der Waals surface area contributed by atoms with Gasteiger partial charge in [0.1, 0.15) is 5.82 Å². The maximum Gasteiger partial charge on any atom is 0.251 e. The van der Waals surface area contributed by atoms with Gasteiger partial charge in [-0.25, -0.2) is 12.8 Å². The quantitative estimate of drug-likeness (QED) is 0.541. The van der Waals surface area contributed by atoms with Crippen LogP contribution < -0.4 is 9.62 Å². The molecule has 0 aliphatic carbocycles. The van der Waals surface area contributed by atoms with E-state index in [1.807, 2.05) is 12.1 Å². The van der Waals surface area contributed by atoms with Crippen molar-refractivity contribution >= 4 is 33.2 Å². The summed E-state index contributed by atoms with van der Waals surface area (Å²) < 4.78 is 39.7. The topological polar surface area (TPSA) is 66.5 Å². The average molecular weight is 461 g/mol. The maximum absolute atomic E-state index is 14.0. The monoisotopic (exact) mass is 460 g/mol. The lowest BCUT2D eigenvalue weighted by Gasteiger charge is -2.23. The molecule has 0 aliphatic heterocycles. The second kappa shape index (κ2) is 9.94. The average Bonchev–Trinajstić information content (AvgIpc) is 2.74. The highest BCUT2D eigenvalue weighted by atomic mass is 35.5. The van der Waals surface area contributed by atoms with Crippen molar-refractivity contribution in [1.82, 2.24) is 5.32 Å². The zero-order valence-corrected chi connectivity index (χ0v) is 18.5. The molecule has 0 spiro atoms. The molecule has 0 fully saturated rings. The van der Waals surface area contributed by atoms with Crippen molar-refractivity contribution in [1.29, 1.82) is 0 Å². The van der Waals surface area contributed by atoms with Gasteiger partial charge in [0.2, 0.25) is 10.0 Å². The normalized spacial score (nSPS) is 11.2. The molecule has 3 rings (SSSR count). The van der Waals surface area contributed by atoms with Crippen LogP contribution in [-0.2, 0) is 23.0 Å². The minimum absolute atomic E-state index is 0.141. The SMILES string of the molecule is CS(=O)(=O)N(Cc1ccccc1F)c1ccc(C(=O)NCCc2ccc(Cl)cc2)cc1. The van der Waals surface area contributed by atoms with Gasteiger partial charge in [-0.2, -0.15) is 0 Å². The van der Waals surface area contributed by atoms with Crippen LogP contribution >= 0.6 is 11.6 Å². The van der Waals surface area contributed by atoms with Gasteiger partial charge < -0.3 is 5.32 Å². The molecule has 3 aromatic rings. The molecule has 0 saturated heterocycles. The van der Waals surface area contributed by atoms with Gasteiger partial charge in [0, 0.05) is 22.7 Å². The van der Waals surface area contributed by atoms with Crippen LogP contribution in [0.5, 0.6) is 0 Å². The number of benzene rings is 3. The van der Waals surface area contributed by atoms with Gasteiger partial charge in [-0.15, -0.1) is 0 Å². The second-order valence-electron chi connectivity index (χ2n) is 7.04. The minimum Gasteiger partial charge on any atom is -0.352 e. The van der Waals surface area contributed by atoms with Gasteiger partial charge in [-0.05, 0) is 54.4 Å². The van der Waals surface area contributed by atoms with E-state index >= 15 is 0 Å². The molecule has 3 aromatic carbocycles. The summed E-state index contributed by atoms with van der Waals surface area (Å²) in [7, 11) is -3.66. The van der Waals surface area contributed by atoms with E-state index in [9.17, 15) is 17.6 Å². The van der Waals surface area contributed by atoms with E-state index in [2.05, 4.69) is 5.32 Å². The van der Waals surface area contributed by atoms with Crippen molar-refractivity contribution in [2.75, 3.05) is 17.1 Å². The van der Waals surface area contributed by atoms with Crippen LogP contribution in [0, 0.1) is 5.82 Å². The summed E-state index contributed by atoms with van der Waals surface area (Å²) in [5, 5.41) is 3.49. The van der Waals surface area contributed by atoms with Crippen molar-refractivity contribution in [2.45, 2.75) is 13.0 Å². The zero-order valence-electron chi connectivity index (χ0n) is 16.9. The van der Waals surface area contributed by atoms with Crippen LogP contribution in [0.3, 0.4) is 0 Å². The van der Waals surface area contributed by atoms with Crippen LogP contribution in [0.15, 0.2) is 72.8 Å². The van der Waals surface area contributed by atoms with Crippen molar-refractivity contribution in [3.8, 4) is 0 Å². The highest BCUT2D eigenvalue weighted by Gasteiger charge is 2.20. The molecule has 0 aliphatic rings. The summed E-state index contributed by atoms with van der Waals surface area (Å²) in [5.74, 6) is -0.742. The molecule has 1 amide bonds. The molecule has 31 heavy (non-hydrogen) atoms. The number of nitrogens with one attached hydrogen (secondary N) is 1. The van der Waals surface area contributed by atoms with Gasteiger partial charge in [-0.3, -0.25) is 9.10 Å². The van der Waals surface area contributed by atoms with Crippen LogP contribution in [0.2, 0.25) is 5.02 Å². The molecule has 0 bridgehead atoms. The molecular formula is C23H22ClFN2O3S. The Labute approximate surface area is 186 Å². The number of hydrogen-bond acceptors (Lipinski definition) is 3. The third-order valence-electron chi connectivity index (χ3n) is 4.70. The molecule has 0 atom stereocenters. The van der Waals surface area contributed by atoms with Crippen LogP contribution in [0.25, 0.3) is 0 Å². The fourth-order valence-electron chi connectivity index (χ4n) is 3.03. The Morgan fingerprint density at radius 3 is 2.26 bits per heavy atom. The third kappa shape index (κ3) is 6.29. The van der Waals surface area contributed by atoms with Gasteiger partial charge >= 0.3 is 0 Å². The summed E-state index contributed by atoms with van der Waals surface area (Å²) in [6, 6.07) is 19.6. The molecule has 0 heterocycles. The van der Waals surface area contributed by atoms with E-state index in [0.717, 1.165) is 16.1 Å². The lowest BCUT2D eigenvalue weighted by Crippen LogP contribution is -2.30. The first-order valence-corrected chi connectivity index (χ1v) is 11.8. The van der Waals surface area contributed by atoms with Gasteiger partial charge in [0.05, 0.1) is 18.5 Å². The van der Waals surface area contributed by atoms with E-state index in [1.165, 1.54) is 24.3 Å². The van der Waals surface area contributed by atoms with Crippen molar-refractivity contribution in [3.05, 3.63) is 100 Å². The van der Waals surface area contributed by atoms with E-state index in [4.69, 9.17) is 11.6 Å². The number of halogens is 2. The Morgan fingerprint density at radius 2 is 1.65 bits per heavy atom. The maximum atomic E-state index is 14.0. The van der Waals surface area contributed by atoms with Crippen LogP contribution in [0.1, 0.15) is 21.5 Å². The first-order chi connectivity index (χ1) is 14.7.